The Bertz CT molecular complexity index is 1840. The molecule has 0 aliphatic carbocycles. The number of hydrogen-bond acceptors (Lipinski definition) is 0. The Balaban J connectivity index is 0.000000175. The minimum Gasteiger partial charge on any atom is -0.309 e. The van der Waals surface area contributed by atoms with Crippen LogP contribution < -0.4 is 0 Å². The van der Waals surface area contributed by atoms with Gasteiger partial charge in [-0.15, -0.1) is 0 Å². The van der Waals surface area contributed by atoms with Gasteiger partial charge in [-0.2, -0.15) is 0 Å². The van der Waals surface area contributed by atoms with Crippen molar-refractivity contribution < 1.29 is 0 Å². The Kier molecular flexibility index (Phi) is 7.04. The lowest BCUT2D eigenvalue weighted by Crippen LogP contribution is -1.94. The Morgan fingerprint density at radius 2 is 0.875 bits per heavy atom. The predicted molar refractivity (Wildman–Crippen MR) is 172 cm³/mol. The maximum absolute atomic E-state index is 2.37. The molecule has 0 amide bonds. The first-order valence-electron chi connectivity index (χ1n) is 13.9. The van der Waals surface area contributed by atoms with Crippen molar-refractivity contribution in [2.75, 3.05) is 0 Å². The van der Waals surface area contributed by atoms with Crippen molar-refractivity contribution in [3.63, 3.8) is 0 Å². The highest BCUT2D eigenvalue weighted by Gasteiger charge is 2.11. The van der Waals surface area contributed by atoms with Crippen molar-refractivity contribution in [1.82, 2.24) is 4.57 Å². The number of para-hydroxylation sites is 2. The number of benzene rings is 6. The average molecular weight is 516 g/mol. The number of aromatic nitrogens is 1. The summed E-state index contributed by atoms with van der Waals surface area (Å²) in [5, 5.41) is 2.59. The zero-order valence-corrected chi connectivity index (χ0v) is 23.3. The largest absolute Gasteiger partial charge is 0.309 e. The van der Waals surface area contributed by atoms with Crippen LogP contribution in [0.25, 0.3) is 49.7 Å². The van der Waals surface area contributed by atoms with E-state index in [4.69, 9.17) is 0 Å². The van der Waals surface area contributed by atoms with Crippen molar-refractivity contribution >= 4 is 21.8 Å². The van der Waals surface area contributed by atoms with Gasteiger partial charge in [0.25, 0.3) is 0 Å². The summed E-state index contributed by atoms with van der Waals surface area (Å²) in [6.07, 6.45) is 0. The average Bonchev–Trinajstić information content (AvgIpc) is 3.33. The maximum atomic E-state index is 2.37. The normalized spacial score (nSPS) is 10.9. The summed E-state index contributed by atoms with van der Waals surface area (Å²) < 4.78 is 2.37. The number of nitrogens with zero attached hydrogens (tertiary/aromatic N) is 1. The van der Waals surface area contributed by atoms with E-state index in [2.05, 4.69) is 171 Å². The van der Waals surface area contributed by atoms with E-state index in [0.717, 1.165) is 0 Å². The molecule has 1 nitrogen and oxygen atoms in total. The predicted octanol–water partition coefficient (Wildman–Crippen LogP) is 10.7. The van der Waals surface area contributed by atoms with Crippen LogP contribution in [0.2, 0.25) is 0 Å². The van der Waals surface area contributed by atoms with Crippen LogP contribution in [0.4, 0.5) is 0 Å². The third-order valence-corrected chi connectivity index (χ3v) is 7.62. The quantitative estimate of drug-likeness (QED) is 0.220. The first kappa shape index (κ1) is 25.4. The summed E-state index contributed by atoms with van der Waals surface area (Å²) in [5.41, 5.74) is 12.8. The fraction of sp³-hybridized carbons (Fsp3) is 0.0769. The third kappa shape index (κ3) is 4.95. The van der Waals surface area contributed by atoms with E-state index in [1.165, 1.54) is 66.4 Å². The highest BCUT2D eigenvalue weighted by molar-refractivity contribution is 6.09. The minimum absolute atomic E-state index is 1.20. The van der Waals surface area contributed by atoms with Crippen LogP contribution in [0.3, 0.4) is 0 Å². The highest BCUT2D eigenvalue weighted by Crippen LogP contribution is 2.33. The van der Waals surface area contributed by atoms with E-state index in [-0.39, 0.29) is 0 Å². The Hall–Kier alpha value is -4.88. The molecule has 0 bridgehead atoms. The van der Waals surface area contributed by atoms with Crippen molar-refractivity contribution in [1.29, 1.82) is 0 Å². The Labute approximate surface area is 237 Å². The molecule has 0 fully saturated rings. The van der Waals surface area contributed by atoms with Crippen LogP contribution in [0, 0.1) is 20.8 Å². The summed E-state index contributed by atoms with van der Waals surface area (Å²) in [7, 11) is 0. The first-order chi connectivity index (χ1) is 19.6. The van der Waals surface area contributed by atoms with Crippen molar-refractivity contribution in [3.05, 3.63) is 162 Å². The molecule has 0 atom stereocenters. The molecule has 1 aromatic heterocycles. The van der Waals surface area contributed by atoms with Gasteiger partial charge in [0, 0.05) is 16.5 Å². The van der Waals surface area contributed by atoms with Crippen LogP contribution in [0.15, 0.2) is 146 Å². The molecule has 0 saturated carbocycles. The van der Waals surface area contributed by atoms with Gasteiger partial charge in [-0.25, -0.2) is 0 Å². The molecule has 7 aromatic rings. The van der Waals surface area contributed by atoms with Crippen LogP contribution in [0.1, 0.15) is 16.7 Å². The Morgan fingerprint density at radius 1 is 0.400 bits per heavy atom. The summed E-state index contributed by atoms with van der Waals surface area (Å²) >= 11 is 0. The SMILES string of the molecule is Cc1cccc(-c2cccc(-n3c4ccccc4c4ccccc43)c2)c1.Cc1ccccc1-c1ccccc1C. The van der Waals surface area contributed by atoms with Crippen molar-refractivity contribution in [3.8, 4) is 27.9 Å². The molecule has 0 aliphatic heterocycles. The summed E-state index contributed by atoms with van der Waals surface area (Å²) in [6.45, 7) is 6.45. The molecule has 0 N–H and O–H groups in total. The van der Waals surface area contributed by atoms with Gasteiger partial charge in [-0.3, -0.25) is 0 Å². The fourth-order valence-corrected chi connectivity index (χ4v) is 5.60. The lowest BCUT2D eigenvalue weighted by molar-refractivity contribution is 1.18. The van der Waals surface area contributed by atoms with E-state index in [0.29, 0.717) is 0 Å². The van der Waals surface area contributed by atoms with E-state index in [1.54, 1.807) is 0 Å². The summed E-state index contributed by atoms with van der Waals surface area (Å²) in [6, 6.07) is 51.8. The topological polar surface area (TPSA) is 4.93 Å². The molecule has 0 radical (unpaired) electrons. The monoisotopic (exact) mass is 515 g/mol. The number of rotatable bonds is 3. The van der Waals surface area contributed by atoms with Crippen LogP contribution in [-0.2, 0) is 0 Å². The zero-order valence-electron chi connectivity index (χ0n) is 23.3. The standard InChI is InChI=1S/C25H19N.C14H14/c1-18-8-6-9-19(16-18)20-10-7-11-21(17-20)26-24-14-4-2-12-22(24)23-13-3-5-15-25(23)26;1-11-7-3-5-9-13(11)14-10-6-4-8-12(14)2/h2-17H,1H3;3-10H,1-2H3. The van der Waals surface area contributed by atoms with Crippen molar-refractivity contribution in [2.24, 2.45) is 0 Å². The van der Waals surface area contributed by atoms with E-state index in [1.807, 2.05) is 0 Å². The van der Waals surface area contributed by atoms with Gasteiger partial charge < -0.3 is 4.57 Å². The molecule has 6 aromatic carbocycles. The lowest BCUT2D eigenvalue weighted by atomic mass is 9.97. The number of fused-ring (bicyclic) bond motifs is 3. The molecule has 0 unspecified atom stereocenters. The van der Waals surface area contributed by atoms with Gasteiger partial charge in [0.05, 0.1) is 11.0 Å². The van der Waals surface area contributed by atoms with E-state index in [9.17, 15) is 0 Å². The van der Waals surface area contributed by atoms with E-state index >= 15 is 0 Å². The second-order valence-electron chi connectivity index (χ2n) is 10.4. The number of aryl methyl sites for hydroxylation is 3. The van der Waals surface area contributed by atoms with Crippen molar-refractivity contribution in [2.45, 2.75) is 20.8 Å². The smallest absolute Gasteiger partial charge is 0.0541 e. The van der Waals surface area contributed by atoms with Gasteiger partial charge in [0.1, 0.15) is 0 Å². The molecule has 7 rings (SSSR count). The van der Waals surface area contributed by atoms with Gasteiger partial charge in [-0.1, -0.05) is 127 Å². The molecule has 0 saturated heterocycles. The summed E-state index contributed by atoms with van der Waals surface area (Å²) in [4.78, 5) is 0. The first-order valence-corrected chi connectivity index (χ1v) is 13.9. The van der Waals surface area contributed by atoms with Gasteiger partial charge in [0.15, 0.2) is 0 Å². The minimum atomic E-state index is 1.20. The van der Waals surface area contributed by atoms with Crippen LogP contribution in [0.5, 0.6) is 0 Å². The molecule has 1 heterocycles. The molecule has 194 valence electrons. The van der Waals surface area contributed by atoms with Gasteiger partial charge in [-0.05, 0) is 78.4 Å². The molecular weight excluding hydrogens is 482 g/mol. The van der Waals surface area contributed by atoms with Gasteiger partial charge in [0.2, 0.25) is 0 Å². The van der Waals surface area contributed by atoms with Crippen LogP contribution >= 0.6 is 0 Å². The van der Waals surface area contributed by atoms with Crippen LogP contribution in [-0.4, -0.2) is 4.57 Å². The molecule has 0 aliphatic rings. The fourth-order valence-electron chi connectivity index (χ4n) is 5.60. The molecule has 40 heavy (non-hydrogen) atoms. The molecule has 0 spiro atoms. The second kappa shape index (κ2) is 11.1. The lowest BCUT2D eigenvalue weighted by Gasteiger charge is -2.10. The second-order valence-corrected chi connectivity index (χ2v) is 10.4. The highest BCUT2D eigenvalue weighted by atomic mass is 15.0. The third-order valence-electron chi connectivity index (χ3n) is 7.62. The summed E-state index contributed by atoms with van der Waals surface area (Å²) in [5.74, 6) is 0. The Morgan fingerprint density at radius 3 is 1.43 bits per heavy atom. The molecular formula is C39H33N. The zero-order chi connectivity index (χ0) is 27.5. The van der Waals surface area contributed by atoms with E-state index < -0.39 is 0 Å². The number of hydrogen-bond donors (Lipinski definition) is 0. The van der Waals surface area contributed by atoms with Gasteiger partial charge >= 0.3 is 0 Å². The maximum Gasteiger partial charge on any atom is 0.0541 e. The molecule has 1 heteroatoms.